The first-order valence-electron chi connectivity index (χ1n) is 11.6. The van der Waals surface area contributed by atoms with E-state index in [0.29, 0.717) is 6.42 Å². The van der Waals surface area contributed by atoms with Crippen LogP contribution >= 0.6 is 0 Å². The van der Waals surface area contributed by atoms with E-state index in [1.165, 1.54) is 14.2 Å². The second-order valence-corrected chi connectivity index (χ2v) is 9.90. The average molecular weight is 490 g/mol. The van der Waals surface area contributed by atoms with Crippen molar-refractivity contribution in [2.45, 2.75) is 94.8 Å². The number of carbonyl (C=O) groups excluding carboxylic acids is 1. The Morgan fingerprint density at radius 1 is 1.26 bits per heavy atom. The van der Waals surface area contributed by atoms with Crippen LogP contribution in [0, 0.1) is 5.41 Å². The van der Waals surface area contributed by atoms with Gasteiger partial charge in [0, 0.05) is 32.7 Å². The molecule has 1 amide bonds. The predicted octanol–water partition coefficient (Wildman–Crippen LogP) is -0.188. The number of amides is 1. The summed E-state index contributed by atoms with van der Waals surface area (Å²) in [5, 5.41) is 33.6. The first-order chi connectivity index (χ1) is 16.0. The number of nitrogens with one attached hydrogen (secondary N) is 1. The number of aliphatic hydroxyl groups is 3. The van der Waals surface area contributed by atoms with Gasteiger partial charge in [0.15, 0.2) is 12.3 Å². The van der Waals surface area contributed by atoms with Crippen LogP contribution in [0.2, 0.25) is 0 Å². The molecule has 11 nitrogen and oxygen atoms in total. The SMILES string of the molecule is C=C1C[C@@H](C)O[C@@](OC)([C@H](O)C(=O)N[C@H]2OCO[C@H]3[C@@H]2O[C@H](C(O)CCO)C(C)(C)[C@@H]3OC)C1. The van der Waals surface area contributed by atoms with Crippen LogP contribution in [0.5, 0.6) is 0 Å². The Labute approximate surface area is 200 Å². The van der Waals surface area contributed by atoms with Gasteiger partial charge in [-0.25, -0.2) is 0 Å². The van der Waals surface area contributed by atoms with Gasteiger partial charge in [0.25, 0.3) is 5.91 Å². The molecular weight excluding hydrogens is 450 g/mol. The van der Waals surface area contributed by atoms with Gasteiger partial charge in [-0.3, -0.25) is 4.79 Å². The van der Waals surface area contributed by atoms with Crippen molar-refractivity contribution in [1.82, 2.24) is 5.32 Å². The third-order valence-corrected chi connectivity index (χ3v) is 7.00. The number of fused-ring (bicyclic) bond motifs is 1. The van der Waals surface area contributed by atoms with Crippen LogP contribution in [0.15, 0.2) is 12.2 Å². The van der Waals surface area contributed by atoms with Gasteiger partial charge in [0.05, 0.1) is 24.4 Å². The molecule has 0 spiro atoms. The van der Waals surface area contributed by atoms with Crippen molar-refractivity contribution in [2.75, 3.05) is 27.6 Å². The molecule has 3 rings (SSSR count). The van der Waals surface area contributed by atoms with Gasteiger partial charge in [-0.15, -0.1) is 0 Å². The third kappa shape index (κ3) is 5.18. The third-order valence-electron chi connectivity index (χ3n) is 7.00. The standard InChI is InChI=1S/C23H39NO10/c1-12-9-13(2)34-23(10-12,30-6)17(27)20(28)24-21-16-15(31-11-32-21)19(29-5)22(3,4)18(33-16)14(26)7-8-25/h13-19,21,25-27H,1,7-11H2,2-6H3,(H,24,28)/t13-,14?,15+,16+,17-,18-,19-,21+,23-/m1/s1. The fraction of sp³-hybridized carbons (Fsp3) is 0.870. The summed E-state index contributed by atoms with van der Waals surface area (Å²) in [6.45, 7) is 9.20. The maximum absolute atomic E-state index is 13.1. The van der Waals surface area contributed by atoms with Gasteiger partial charge in [0.2, 0.25) is 5.79 Å². The zero-order valence-corrected chi connectivity index (χ0v) is 20.6. The van der Waals surface area contributed by atoms with Crippen LogP contribution in [0.3, 0.4) is 0 Å². The molecule has 0 aliphatic carbocycles. The first kappa shape index (κ1) is 27.4. The molecule has 0 aromatic rings. The van der Waals surface area contributed by atoms with Crippen LogP contribution < -0.4 is 5.32 Å². The van der Waals surface area contributed by atoms with E-state index in [0.717, 1.165) is 5.57 Å². The molecule has 3 heterocycles. The summed E-state index contributed by atoms with van der Waals surface area (Å²) >= 11 is 0. The van der Waals surface area contributed by atoms with Gasteiger partial charge in [-0.2, -0.15) is 0 Å². The van der Waals surface area contributed by atoms with E-state index in [1.807, 2.05) is 20.8 Å². The van der Waals surface area contributed by atoms with Gasteiger partial charge < -0.3 is 49.1 Å². The number of carbonyl (C=O) groups is 1. The molecule has 4 N–H and O–H groups in total. The number of hydrogen-bond donors (Lipinski definition) is 4. The Morgan fingerprint density at radius 3 is 2.56 bits per heavy atom. The van der Waals surface area contributed by atoms with E-state index < -0.39 is 60.0 Å². The summed E-state index contributed by atoms with van der Waals surface area (Å²) < 4.78 is 34.7. The van der Waals surface area contributed by atoms with Crippen LogP contribution in [0.4, 0.5) is 0 Å². The van der Waals surface area contributed by atoms with Gasteiger partial charge >= 0.3 is 0 Å². The maximum Gasteiger partial charge on any atom is 0.256 e. The zero-order chi connectivity index (χ0) is 25.3. The number of hydrogen-bond acceptors (Lipinski definition) is 10. The Hall–Kier alpha value is -1.15. The largest absolute Gasteiger partial charge is 0.396 e. The van der Waals surface area contributed by atoms with E-state index in [1.54, 1.807) is 0 Å². The Bertz CT molecular complexity index is 733. The van der Waals surface area contributed by atoms with Crippen LogP contribution in [-0.2, 0) is 33.2 Å². The zero-order valence-electron chi connectivity index (χ0n) is 20.6. The summed E-state index contributed by atoms with van der Waals surface area (Å²) in [5.74, 6) is -2.35. The van der Waals surface area contributed by atoms with E-state index in [2.05, 4.69) is 11.9 Å². The molecule has 9 atom stereocenters. The molecular formula is C23H39NO10. The van der Waals surface area contributed by atoms with Gasteiger partial charge in [-0.05, 0) is 19.8 Å². The van der Waals surface area contributed by atoms with E-state index in [9.17, 15) is 20.1 Å². The summed E-state index contributed by atoms with van der Waals surface area (Å²) in [6.07, 6.45) is -5.78. The maximum atomic E-state index is 13.1. The summed E-state index contributed by atoms with van der Waals surface area (Å²) in [7, 11) is 2.91. The highest BCUT2D eigenvalue weighted by atomic mass is 16.7. The lowest BCUT2D eigenvalue weighted by atomic mass is 9.72. The summed E-state index contributed by atoms with van der Waals surface area (Å²) in [4.78, 5) is 13.1. The number of rotatable bonds is 8. The first-order valence-corrected chi connectivity index (χ1v) is 11.6. The van der Waals surface area contributed by atoms with Gasteiger partial charge in [-0.1, -0.05) is 26.0 Å². The number of aliphatic hydroxyl groups excluding tert-OH is 3. The van der Waals surface area contributed by atoms with E-state index >= 15 is 0 Å². The molecule has 1 unspecified atom stereocenters. The van der Waals surface area contributed by atoms with Crippen molar-refractivity contribution in [3.63, 3.8) is 0 Å². The molecule has 0 saturated carbocycles. The number of methoxy groups -OCH3 is 2. The highest BCUT2D eigenvalue weighted by Gasteiger charge is 2.58. The highest BCUT2D eigenvalue weighted by molar-refractivity contribution is 5.82. The minimum Gasteiger partial charge on any atom is -0.396 e. The molecule has 3 aliphatic rings. The fourth-order valence-corrected chi connectivity index (χ4v) is 5.39. The smallest absolute Gasteiger partial charge is 0.256 e. The topological polar surface area (TPSA) is 145 Å². The molecule has 3 saturated heterocycles. The van der Waals surface area contributed by atoms with Crippen molar-refractivity contribution >= 4 is 5.91 Å². The molecule has 34 heavy (non-hydrogen) atoms. The minimum atomic E-state index is -1.67. The van der Waals surface area contributed by atoms with Crippen molar-refractivity contribution in [3.8, 4) is 0 Å². The lowest BCUT2D eigenvalue weighted by Gasteiger charge is -2.55. The number of ether oxygens (including phenoxy) is 6. The van der Waals surface area contributed by atoms with E-state index in [4.69, 9.17) is 28.4 Å². The quantitative estimate of drug-likeness (QED) is 0.339. The van der Waals surface area contributed by atoms with Crippen molar-refractivity contribution in [1.29, 1.82) is 0 Å². The van der Waals surface area contributed by atoms with Gasteiger partial charge in [0.1, 0.15) is 19.0 Å². The monoisotopic (exact) mass is 489 g/mol. The average Bonchev–Trinajstić information content (AvgIpc) is 2.77. The predicted molar refractivity (Wildman–Crippen MR) is 118 cm³/mol. The highest BCUT2D eigenvalue weighted by Crippen LogP contribution is 2.43. The van der Waals surface area contributed by atoms with Crippen LogP contribution in [-0.4, -0.2) is 104 Å². The van der Waals surface area contributed by atoms with Crippen LogP contribution in [0.1, 0.15) is 40.0 Å². The molecule has 0 bridgehead atoms. The second-order valence-electron chi connectivity index (χ2n) is 9.90. The molecule has 0 aromatic heterocycles. The normalized spacial score (nSPS) is 39.7. The van der Waals surface area contributed by atoms with Crippen molar-refractivity contribution in [3.05, 3.63) is 12.2 Å². The molecule has 3 aliphatic heterocycles. The second kappa shape index (κ2) is 10.9. The Morgan fingerprint density at radius 2 is 1.97 bits per heavy atom. The fourth-order valence-electron chi connectivity index (χ4n) is 5.39. The summed E-state index contributed by atoms with van der Waals surface area (Å²) in [5.41, 5.74) is 0.124. The van der Waals surface area contributed by atoms with E-state index in [-0.39, 0.29) is 32.3 Å². The molecule has 11 heteroatoms. The lowest BCUT2D eigenvalue weighted by molar-refractivity contribution is -0.339. The van der Waals surface area contributed by atoms with Crippen molar-refractivity contribution in [2.24, 2.45) is 5.41 Å². The molecule has 196 valence electrons. The van der Waals surface area contributed by atoms with Crippen molar-refractivity contribution < 1.29 is 48.5 Å². The lowest BCUT2D eigenvalue weighted by Crippen LogP contribution is -2.70. The Kier molecular flexibility index (Phi) is 8.76. The summed E-state index contributed by atoms with van der Waals surface area (Å²) in [6, 6.07) is 0. The van der Waals surface area contributed by atoms with Crippen LogP contribution in [0.25, 0.3) is 0 Å². The molecule has 0 aromatic carbocycles. The molecule has 3 fully saturated rings. The minimum absolute atomic E-state index is 0.106. The Balaban J connectivity index is 1.80. The molecule has 0 radical (unpaired) electrons.